The van der Waals surface area contributed by atoms with Crippen molar-refractivity contribution < 1.29 is 9.47 Å². The molecule has 0 N–H and O–H groups in total. The van der Waals surface area contributed by atoms with E-state index in [1.807, 2.05) is 24.3 Å². The van der Waals surface area contributed by atoms with Gasteiger partial charge in [-0.1, -0.05) is 122 Å². The zero-order chi connectivity index (χ0) is 35.8. The molecule has 0 fully saturated rings. The van der Waals surface area contributed by atoms with Gasteiger partial charge in [-0.2, -0.15) is 0 Å². The maximum Gasteiger partial charge on any atom is 0.139 e. The summed E-state index contributed by atoms with van der Waals surface area (Å²) in [4.78, 5) is 7.74. The van der Waals surface area contributed by atoms with Crippen molar-refractivity contribution in [3.8, 4) is 11.5 Å². The number of hydrogen-bond donors (Lipinski definition) is 0. The van der Waals surface area contributed by atoms with Crippen LogP contribution in [0.3, 0.4) is 0 Å². The number of ether oxygens (including phenoxy) is 2. The fourth-order valence-corrected chi connectivity index (χ4v) is 11.9. The molecule has 2 aromatic heterocycles. The van der Waals surface area contributed by atoms with Gasteiger partial charge in [-0.05, 0) is 74.3 Å². The molecule has 0 saturated heterocycles. The second-order valence-electron chi connectivity index (χ2n) is 14.9. The Bertz CT molecular complexity index is 2350. The molecule has 6 aliphatic rings. The van der Waals surface area contributed by atoms with Crippen LogP contribution in [0.5, 0.6) is 11.5 Å². The van der Waals surface area contributed by atoms with Crippen LogP contribution in [0.1, 0.15) is 69.5 Å². The third kappa shape index (κ3) is 4.81. The van der Waals surface area contributed by atoms with Crippen molar-refractivity contribution >= 4 is 114 Å². The van der Waals surface area contributed by atoms with Gasteiger partial charge >= 0.3 is 0 Å². The summed E-state index contributed by atoms with van der Waals surface area (Å²) in [6.45, 7) is 8.69. The van der Waals surface area contributed by atoms with E-state index in [9.17, 15) is 0 Å². The Kier molecular flexibility index (Phi) is 7.19. The molecular weight excluding hydrogens is 753 g/mol. The van der Waals surface area contributed by atoms with E-state index in [0.29, 0.717) is 0 Å². The molecule has 254 valence electrons. The van der Waals surface area contributed by atoms with Crippen LogP contribution >= 0.6 is 71.5 Å². The summed E-state index contributed by atoms with van der Waals surface area (Å²) in [5.74, 6) is 2.19. The van der Waals surface area contributed by atoms with E-state index in [1.54, 1.807) is 22.7 Å². The molecule has 0 spiro atoms. The van der Waals surface area contributed by atoms with E-state index >= 15 is 0 Å². The van der Waals surface area contributed by atoms with Crippen molar-refractivity contribution in [1.82, 2.24) is 0 Å². The predicted molar refractivity (Wildman–Crippen MR) is 233 cm³/mol. The van der Waals surface area contributed by atoms with Crippen molar-refractivity contribution in [2.24, 2.45) is 11.8 Å². The van der Waals surface area contributed by atoms with E-state index < -0.39 is 11.2 Å². The zero-order valence-corrected chi connectivity index (χ0v) is 33.6. The van der Waals surface area contributed by atoms with Gasteiger partial charge in [0.2, 0.25) is 0 Å². The Morgan fingerprint density at radius 3 is 1.23 bits per heavy atom. The minimum Gasteiger partial charge on any atom is -0.482 e. The number of allylic oxidation sites excluding steroid dienone is 6. The molecule has 52 heavy (non-hydrogen) atoms. The summed E-state index contributed by atoms with van der Waals surface area (Å²) in [5.41, 5.74) is 10.0. The summed E-state index contributed by atoms with van der Waals surface area (Å²) in [6, 6.07) is 20.6. The number of thiophene rings is 2. The second kappa shape index (κ2) is 11.4. The SMILES string of the molecule is CC1(C)Oc2cc(C=C3C(=S)c4ccccc4C3=S)sc2C2=CC3C=C4C(=CC3C=C21)c1sc(C=C2C(=S)c3ccccc3C2=S)cc1OC4(C)C. The molecule has 2 atom stereocenters. The van der Waals surface area contributed by atoms with Crippen molar-refractivity contribution in [1.29, 1.82) is 0 Å². The molecule has 2 unspecified atom stereocenters. The number of hydrogen-bond acceptors (Lipinski definition) is 8. The first kappa shape index (κ1) is 32.9. The lowest BCUT2D eigenvalue weighted by Gasteiger charge is -2.42. The molecule has 0 bridgehead atoms. The smallest absolute Gasteiger partial charge is 0.139 e. The molecular formula is C44H30O2S6. The Morgan fingerprint density at radius 1 is 0.538 bits per heavy atom. The standard InChI is InChI=1S/C44H30O2S6/c1-43(2)33-15-21-14-30-34(44(3,4)46-36-20-24(52-42(30)36)18-32-39(49)27-11-7-8-12-28(27)40(32)50)16-22(21)13-29(33)41-35(45-43)19-23(51-41)17-31-37(47)25-9-5-6-10-26(25)38(31)48/h5-22H,1-4H3. The predicted octanol–water partition coefficient (Wildman–Crippen LogP) is 11.8. The molecule has 2 nitrogen and oxygen atoms in total. The fourth-order valence-electron chi connectivity index (χ4n) is 8.32. The molecule has 0 radical (unpaired) electrons. The lowest BCUT2D eigenvalue weighted by molar-refractivity contribution is 0.145. The van der Waals surface area contributed by atoms with Gasteiger partial charge in [-0.15, -0.1) is 22.7 Å². The normalized spacial score (nSPS) is 22.6. The minimum atomic E-state index is -0.496. The van der Waals surface area contributed by atoms with Crippen molar-refractivity contribution in [2.75, 3.05) is 0 Å². The monoisotopic (exact) mass is 782 g/mol. The summed E-state index contributed by atoms with van der Waals surface area (Å²) in [7, 11) is 0. The summed E-state index contributed by atoms with van der Waals surface area (Å²) in [5, 5.41) is 0. The van der Waals surface area contributed by atoms with E-state index in [-0.39, 0.29) is 11.8 Å². The highest BCUT2D eigenvalue weighted by Gasteiger charge is 2.44. The number of benzene rings is 2. The Morgan fingerprint density at radius 2 is 0.885 bits per heavy atom. The van der Waals surface area contributed by atoms with Crippen molar-refractivity contribution in [3.63, 3.8) is 0 Å². The average Bonchev–Trinajstić information content (AvgIpc) is 3.84. The van der Waals surface area contributed by atoms with E-state index in [1.165, 1.54) is 22.3 Å². The van der Waals surface area contributed by atoms with Gasteiger partial charge in [0.15, 0.2) is 0 Å². The Balaban J connectivity index is 1.01. The molecule has 4 aliphatic carbocycles. The zero-order valence-electron chi connectivity index (χ0n) is 28.7. The molecule has 0 saturated carbocycles. The highest BCUT2D eigenvalue weighted by atomic mass is 32.1. The molecule has 4 heterocycles. The third-order valence-electron chi connectivity index (χ3n) is 10.8. The number of thiocarbonyl (C=S) groups is 4. The van der Waals surface area contributed by atoms with Crippen LogP contribution in [0.2, 0.25) is 0 Å². The van der Waals surface area contributed by atoms with Crippen LogP contribution in [0.25, 0.3) is 23.3 Å². The number of rotatable bonds is 2. The van der Waals surface area contributed by atoms with Gasteiger partial charge in [-0.25, -0.2) is 0 Å². The summed E-state index contributed by atoms with van der Waals surface area (Å²) < 4.78 is 13.5. The van der Waals surface area contributed by atoms with Crippen LogP contribution in [0, 0.1) is 11.8 Å². The lowest BCUT2D eigenvalue weighted by Crippen LogP contribution is -2.39. The molecule has 2 aromatic carbocycles. The van der Waals surface area contributed by atoms with Gasteiger partial charge in [0.25, 0.3) is 0 Å². The maximum absolute atomic E-state index is 6.76. The van der Waals surface area contributed by atoms with Gasteiger partial charge in [0, 0.05) is 55.0 Å². The molecule has 10 rings (SSSR count). The van der Waals surface area contributed by atoms with Crippen LogP contribution in [0.4, 0.5) is 0 Å². The Hall–Kier alpha value is -3.76. The minimum absolute atomic E-state index is 0.186. The maximum atomic E-state index is 6.76. The van der Waals surface area contributed by atoms with Crippen molar-refractivity contribution in [3.05, 3.63) is 149 Å². The van der Waals surface area contributed by atoms with Gasteiger partial charge in [0.05, 0.1) is 29.2 Å². The first-order chi connectivity index (χ1) is 24.9. The fraction of sp³-hybridized carbons (Fsp3) is 0.182. The molecule has 2 aliphatic heterocycles. The van der Waals surface area contributed by atoms with E-state index in [0.717, 1.165) is 83.9 Å². The second-order valence-corrected chi connectivity index (χ2v) is 18.7. The van der Waals surface area contributed by atoms with Crippen LogP contribution in [-0.4, -0.2) is 30.7 Å². The first-order valence-corrected chi connectivity index (χ1v) is 20.5. The quantitative estimate of drug-likeness (QED) is 0.148. The van der Waals surface area contributed by atoms with Gasteiger partial charge < -0.3 is 9.47 Å². The van der Waals surface area contributed by atoms with Gasteiger partial charge in [-0.3, -0.25) is 0 Å². The third-order valence-corrected chi connectivity index (χ3v) is 14.7. The lowest BCUT2D eigenvalue weighted by atomic mass is 9.70. The number of fused-ring (bicyclic) bond motifs is 9. The van der Waals surface area contributed by atoms with Crippen molar-refractivity contribution in [2.45, 2.75) is 38.9 Å². The van der Waals surface area contributed by atoms with Gasteiger partial charge in [0.1, 0.15) is 22.7 Å². The topological polar surface area (TPSA) is 18.5 Å². The molecule has 4 aromatic rings. The molecule has 8 heteroatoms. The average molecular weight is 783 g/mol. The Labute approximate surface area is 332 Å². The first-order valence-electron chi connectivity index (χ1n) is 17.2. The highest BCUT2D eigenvalue weighted by molar-refractivity contribution is 7.84. The molecule has 0 amide bonds. The summed E-state index contributed by atoms with van der Waals surface area (Å²) in [6.07, 6.45) is 14.1. The van der Waals surface area contributed by atoms with Crippen LogP contribution < -0.4 is 9.47 Å². The van der Waals surface area contributed by atoms with E-state index in [4.69, 9.17) is 58.3 Å². The highest BCUT2D eigenvalue weighted by Crippen LogP contribution is 2.56. The largest absolute Gasteiger partial charge is 0.482 e. The van der Waals surface area contributed by atoms with Crippen LogP contribution in [-0.2, 0) is 0 Å². The van der Waals surface area contributed by atoms with E-state index in [2.05, 4.69) is 101 Å². The summed E-state index contributed by atoms with van der Waals surface area (Å²) >= 11 is 27.0. The van der Waals surface area contributed by atoms with Crippen LogP contribution in [0.15, 0.2) is 107 Å².